The lowest BCUT2D eigenvalue weighted by Gasteiger charge is -2.36. The Morgan fingerprint density at radius 3 is 1.73 bits per heavy atom. The number of halogens is 2. The van der Waals surface area contributed by atoms with E-state index in [0.29, 0.717) is 51.5 Å². The van der Waals surface area contributed by atoms with Gasteiger partial charge in [-0.1, -0.05) is 0 Å². The van der Waals surface area contributed by atoms with Crippen LogP contribution in [0.4, 0.5) is 22.4 Å². The Bertz CT molecular complexity index is 1750. The maximum atomic E-state index is 11.1. The number of rotatable bonds is 6. The molecule has 2 aromatic heterocycles. The molecular weight excluding hydrogens is 679 g/mol. The van der Waals surface area contributed by atoms with Gasteiger partial charge < -0.3 is 56.4 Å². The molecule has 0 aliphatic carbocycles. The fourth-order valence-electron chi connectivity index (χ4n) is 4.60. The van der Waals surface area contributed by atoms with Gasteiger partial charge in [-0.25, -0.2) is 19.7 Å². The van der Waals surface area contributed by atoms with Gasteiger partial charge in [0.15, 0.2) is 23.0 Å². The highest BCUT2D eigenvalue weighted by atomic mass is 35.5. The van der Waals surface area contributed by atoms with E-state index in [9.17, 15) is 4.79 Å². The average molecular weight is 724 g/mol. The van der Waals surface area contributed by atoms with Crippen molar-refractivity contribution in [1.82, 2.24) is 30.6 Å². The third-order valence-electron chi connectivity index (χ3n) is 7.12. The van der Waals surface area contributed by atoms with Crippen molar-refractivity contribution in [2.45, 2.75) is 38.5 Å². The van der Waals surface area contributed by atoms with Gasteiger partial charge in [-0.15, -0.1) is 12.4 Å². The highest BCUT2D eigenvalue weighted by Gasteiger charge is 2.26. The van der Waals surface area contributed by atoms with Crippen LogP contribution in [-0.4, -0.2) is 98.3 Å². The standard InChI is InChI=1S/C13H17N5O2.C10H10ClN3O2.C8H16N2O2.ClH/c1-19-10-3-8-9(4-11(10)20-2)16-13(17-12(8)15)18-5-7(14)6-18;1-15-7-3-5-6(4-8(7)16-2)13-10(11)14-9(5)12;1-8(2,3)12-7(11)10-6-4-9-5-6;/h3-4,7H,5-6,14H2,1-2H3,(H2,15,16,17);3-4H,1-2H3,(H2,12,13,14);6,9H,4-5H2,1-3H3,(H,10,11);1H. The quantitative estimate of drug-likeness (QED) is 0.180. The first-order valence-corrected chi connectivity index (χ1v) is 15.4. The minimum Gasteiger partial charge on any atom is -0.493 e. The Morgan fingerprint density at radius 1 is 0.837 bits per heavy atom. The van der Waals surface area contributed by atoms with E-state index in [1.54, 1.807) is 52.7 Å². The summed E-state index contributed by atoms with van der Waals surface area (Å²) < 4.78 is 25.9. The zero-order chi connectivity index (χ0) is 35.2. The molecule has 0 atom stereocenters. The monoisotopic (exact) mass is 722 g/mol. The summed E-state index contributed by atoms with van der Waals surface area (Å²) in [6.45, 7) is 8.75. The maximum absolute atomic E-state index is 11.1. The number of aromatic nitrogens is 4. The Balaban J connectivity index is 0.000000204. The predicted molar refractivity (Wildman–Crippen MR) is 193 cm³/mol. The molecule has 0 radical (unpaired) electrons. The molecule has 1 amide bonds. The van der Waals surface area contributed by atoms with Crippen molar-refractivity contribution in [3.63, 3.8) is 0 Å². The first-order chi connectivity index (χ1) is 22.7. The first-order valence-electron chi connectivity index (χ1n) is 15.0. The molecule has 18 heteroatoms. The smallest absolute Gasteiger partial charge is 0.407 e. The number of hydrogen-bond acceptors (Lipinski definition) is 15. The third-order valence-corrected chi connectivity index (χ3v) is 7.29. The number of alkyl carbamates (subject to hydrolysis) is 1. The number of nitrogens with one attached hydrogen (secondary N) is 2. The number of amides is 1. The van der Waals surface area contributed by atoms with E-state index in [0.717, 1.165) is 37.1 Å². The number of nitrogens with two attached hydrogens (primary N) is 3. The second-order valence-corrected chi connectivity index (χ2v) is 12.2. The zero-order valence-corrected chi connectivity index (χ0v) is 30.1. The Kier molecular flexibility index (Phi) is 13.3. The molecule has 2 aliphatic heterocycles. The number of benzene rings is 2. The van der Waals surface area contributed by atoms with Gasteiger partial charge in [-0.05, 0) is 44.5 Å². The largest absolute Gasteiger partial charge is 0.493 e. The molecular formula is C31H44Cl2N10O6. The molecule has 2 fully saturated rings. The summed E-state index contributed by atoms with van der Waals surface area (Å²) in [6, 6.07) is 7.45. The van der Waals surface area contributed by atoms with Gasteiger partial charge >= 0.3 is 6.09 Å². The molecule has 4 aromatic rings. The van der Waals surface area contributed by atoms with E-state index in [2.05, 4.69) is 30.6 Å². The van der Waals surface area contributed by atoms with E-state index in [1.807, 2.05) is 25.7 Å². The van der Waals surface area contributed by atoms with E-state index >= 15 is 0 Å². The fourth-order valence-corrected chi connectivity index (χ4v) is 4.78. The summed E-state index contributed by atoms with van der Waals surface area (Å²) in [5.41, 5.74) is 18.5. The molecule has 6 rings (SSSR count). The van der Waals surface area contributed by atoms with Crippen LogP contribution >= 0.6 is 24.0 Å². The van der Waals surface area contributed by atoms with Crippen molar-refractivity contribution in [3.05, 3.63) is 29.5 Å². The van der Waals surface area contributed by atoms with E-state index in [4.69, 9.17) is 52.5 Å². The molecule has 4 heterocycles. The SMILES string of the molecule is CC(C)(C)OC(=O)NC1CNC1.COc1cc2nc(Cl)nc(N)c2cc1OC.COc1cc2nc(N3CC(N)C3)nc(N)c2cc1OC.Cl. The van der Waals surface area contributed by atoms with Gasteiger partial charge in [-0.2, -0.15) is 4.98 Å². The summed E-state index contributed by atoms with van der Waals surface area (Å²) in [7, 11) is 6.27. The normalized spacial score (nSPS) is 14.1. The van der Waals surface area contributed by atoms with E-state index < -0.39 is 5.60 Å². The van der Waals surface area contributed by atoms with Gasteiger partial charge in [0.25, 0.3) is 0 Å². The molecule has 2 saturated heterocycles. The maximum Gasteiger partial charge on any atom is 0.407 e. The molecule has 0 bridgehead atoms. The molecule has 268 valence electrons. The number of nitrogens with zero attached hydrogens (tertiary/aromatic N) is 5. The van der Waals surface area contributed by atoms with Crippen molar-refractivity contribution >= 4 is 69.5 Å². The van der Waals surface area contributed by atoms with Crippen LogP contribution in [0.3, 0.4) is 0 Å². The van der Waals surface area contributed by atoms with Crippen molar-refractivity contribution in [2.24, 2.45) is 5.73 Å². The molecule has 0 unspecified atom stereocenters. The number of hydrogen-bond donors (Lipinski definition) is 5. The van der Waals surface area contributed by atoms with Crippen LogP contribution in [0.25, 0.3) is 21.8 Å². The van der Waals surface area contributed by atoms with E-state index in [-0.39, 0.29) is 35.9 Å². The molecule has 2 aromatic carbocycles. The van der Waals surface area contributed by atoms with Gasteiger partial charge in [-0.3, -0.25) is 0 Å². The van der Waals surface area contributed by atoms with Crippen molar-refractivity contribution < 1.29 is 28.5 Å². The van der Waals surface area contributed by atoms with Crippen LogP contribution in [0, 0.1) is 0 Å². The van der Waals surface area contributed by atoms with E-state index in [1.165, 1.54) is 0 Å². The molecule has 16 nitrogen and oxygen atoms in total. The summed E-state index contributed by atoms with van der Waals surface area (Å²) in [5.74, 6) is 3.71. The summed E-state index contributed by atoms with van der Waals surface area (Å²) >= 11 is 5.72. The number of anilines is 3. The van der Waals surface area contributed by atoms with Crippen LogP contribution in [0.15, 0.2) is 24.3 Å². The number of carbonyl (C=O) groups excluding carboxylic acids is 1. The van der Waals surface area contributed by atoms with Gasteiger partial charge in [0.1, 0.15) is 17.2 Å². The lowest BCUT2D eigenvalue weighted by atomic mass is 10.1. The number of methoxy groups -OCH3 is 4. The second-order valence-electron chi connectivity index (χ2n) is 11.9. The highest BCUT2D eigenvalue weighted by Crippen LogP contribution is 2.35. The first kappa shape index (κ1) is 38.9. The zero-order valence-electron chi connectivity index (χ0n) is 28.5. The molecule has 8 N–H and O–H groups in total. The number of fused-ring (bicyclic) bond motifs is 2. The average Bonchev–Trinajstić information content (AvgIpc) is 2.99. The van der Waals surface area contributed by atoms with Crippen molar-refractivity contribution in [2.75, 3.05) is 71.0 Å². The van der Waals surface area contributed by atoms with Crippen LogP contribution in [0.2, 0.25) is 5.28 Å². The molecule has 49 heavy (non-hydrogen) atoms. The van der Waals surface area contributed by atoms with Crippen LogP contribution in [0.5, 0.6) is 23.0 Å². The fraction of sp³-hybridized carbons (Fsp3) is 0.452. The Labute approximate surface area is 295 Å². The van der Waals surface area contributed by atoms with Gasteiger partial charge in [0, 0.05) is 55.1 Å². The molecule has 0 spiro atoms. The third kappa shape index (κ3) is 10.0. The second kappa shape index (κ2) is 16.7. The lowest BCUT2D eigenvalue weighted by Crippen LogP contribution is -2.57. The Hall–Kier alpha value is -4.51. The predicted octanol–water partition coefficient (Wildman–Crippen LogP) is 3.16. The number of carbonyl (C=O) groups is 1. The minimum absolute atomic E-state index is 0. The van der Waals surface area contributed by atoms with Gasteiger partial charge in [0.2, 0.25) is 11.2 Å². The Morgan fingerprint density at radius 2 is 1.31 bits per heavy atom. The highest BCUT2D eigenvalue weighted by molar-refractivity contribution is 6.28. The van der Waals surface area contributed by atoms with Crippen molar-refractivity contribution in [3.8, 4) is 23.0 Å². The molecule has 2 aliphatic rings. The summed E-state index contributed by atoms with van der Waals surface area (Å²) in [4.78, 5) is 29.9. The lowest BCUT2D eigenvalue weighted by molar-refractivity contribution is 0.0488. The van der Waals surface area contributed by atoms with Crippen LogP contribution in [-0.2, 0) is 4.74 Å². The number of ether oxygens (including phenoxy) is 5. The summed E-state index contributed by atoms with van der Waals surface area (Å²) in [5, 5.41) is 7.35. The topological polar surface area (TPSA) is 220 Å². The molecule has 0 saturated carbocycles. The van der Waals surface area contributed by atoms with Crippen molar-refractivity contribution in [1.29, 1.82) is 0 Å². The number of nitrogen functional groups attached to an aromatic ring is 2. The summed E-state index contributed by atoms with van der Waals surface area (Å²) in [6.07, 6.45) is -0.325. The van der Waals surface area contributed by atoms with Crippen LogP contribution in [0.1, 0.15) is 20.8 Å². The van der Waals surface area contributed by atoms with Crippen LogP contribution < -0.4 is 51.7 Å². The van der Waals surface area contributed by atoms with Gasteiger partial charge in [0.05, 0.1) is 45.5 Å². The minimum atomic E-state index is -0.402.